The van der Waals surface area contributed by atoms with Crippen LogP contribution in [0.5, 0.6) is 0 Å². The molecule has 1 aromatic carbocycles. The SMILES string of the molecule is CC(=O)C1=C(O)C(=Cc2ccccc2)OC1=O. The maximum atomic E-state index is 11.3. The van der Waals surface area contributed by atoms with E-state index < -0.39 is 17.5 Å². The summed E-state index contributed by atoms with van der Waals surface area (Å²) in [6.07, 6.45) is 1.50. The van der Waals surface area contributed by atoms with E-state index in [0.717, 1.165) is 5.56 Å². The number of rotatable bonds is 2. The van der Waals surface area contributed by atoms with Crippen molar-refractivity contribution in [2.24, 2.45) is 0 Å². The Bertz CT molecular complexity index is 538. The molecule has 0 bridgehead atoms. The molecule has 1 heterocycles. The summed E-state index contributed by atoms with van der Waals surface area (Å²) in [6.45, 7) is 1.21. The van der Waals surface area contributed by atoms with Gasteiger partial charge in [0.2, 0.25) is 0 Å². The van der Waals surface area contributed by atoms with Crippen LogP contribution in [0.15, 0.2) is 47.4 Å². The van der Waals surface area contributed by atoms with Gasteiger partial charge in [-0.1, -0.05) is 30.3 Å². The summed E-state index contributed by atoms with van der Waals surface area (Å²) < 4.78 is 4.83. The summed E-state index contributed by atoms with van der Waals surface area (Å²) in [6, 6.07) is 9.06. The predicted octanol–water partition coefficient (Wildman–Crippen LogP) is 1.99. The van der Waals surface area contributed by atoms with Crippen LogP contribution in [0, 0.1) is 0 Å². The number of hydrogen-bond donors (Lipinski definition) is 1. The number of carbonyl (C=O) groups is 2. The first kappa shape index (κ1) is 11.1. The highest BCUT2D eigenvalue weighted by atomic mass is 16.6. The fourth-order valence-electron chi connectivity index (χ4n) is 1.53. The lowest BCUT2D eigenvalue weighted by molar-refractivity contribution is -0.134. The summed E-state index contributed by atoms with van der Waals surface area (Å²) in [5.74, 6) is -1.71. The Balaban J connectivity index is 2.41. The molecule has 4 nitrogen and oxygen atoms in total. The predicted molar refractivity (Wildman–Crippen MR) is 60.8 cm³/mol. The van der Waals surface area contributed by atoms with Gasteiger partial charge in [0.05, 0.1) is 0 Å². The summed E-state index contributed by atoms with van der Waals surface area (Å²) in [4.78, 5) is 22.4. The summed E-state index contributed by atoms with van der Waals surface area (Å²) in [7, 11) is 0. The Morgan fingerprint density at radius 1 is 1.29 bits per heavy atom. The number of aliphatic hydroxyl groups is 1. The van der Waals surface area contributed by atoms with Crippen molar-refractivity contribution >= 4 is 17.8 Å². The second kappa shape index (κ2) is 4.25. The van der Waals surface area contributed by atoms with Crippen molar-refractivity contribution in [1.82, 2.24) is 0 Å². The average molecular weight is 230 g/mol. The maximum absolute atomic E-state index is 11.3. The van der Waals surface area contributed by atoms with Crippen molar-refractivity contribution in [2.45, 2.75) is 6.92 Å². The molecular weight excluding hydrogens is 220 g/mol. The Labute approximate surface area is 97.8 Å². The molecule has 2 rings (SSSR count). The molecule has 0 spiro atoms. The number of cyclic esters (lactones) is 1. The normalized spacial score (nSPS) is 17.5. The molecule has 0 amide bonds. The smallest absolute Gasteiger partial charge is 0.351 e. The number of Topliss-reactive ketones (excluding diaryl/α,β-unsaturated/α-hetero) is 1. The van der Waals surface area contributed by atoms with Crippen molar-refractivity contribution in [3.8, 4) is 0 Å². The molecule has 0 radical (unpaired) electrons. The van der Waals surface area contributed by atoms with Gasteiger partial charge in [-0.3, -0.25) is 4.79 Å². The quantitative estimate of drug-likeness (QED) is 0.623. The number of ketones is 1. The molecule has 0 saturated carbocycles. The van der Waals surface area contributed by atoms with E-state index in [1.54, 1.807) is 12.1 Å². The zero-order valence-electron chi connectivity index (χ0n) is 9.14. The van der Waals surface area contributed by atoms with E-state index in [-0.39, 0.29) is 11.3 Å². The van der Waals surface area contributed by atoms with Crippen LogP contribution in [0.3, 0.4) is 0 Å². The van der Waals surface area contributed by atoms with E-state index >= 15 is 0 Å². The molecule has 1 aliphatic heterocycles. The first-order valence-corrected chi connectivity index (χ1v) is 5.03. The van der Waals surface area contributed by atoms with Crippen LogP contribution in [-0.2, 0) is 14.3 Å². The summed E-state index contributed by atoms with van der Waals surface area (Å²) in [5.41, 5.74) is 0.471. The highest BCUT2D eigenvalue weighted by Gasteiger charge is 2.32. The Hall–Kier alpha value is -2.36. The van der Waals surface area contributed by atoms with E-state index in [2.05, 4.69) is 0 Å². The second-order valence-corrected chi connectivity index (χ2v) is 3.59. The third-order valence-corrected chi connectivity index (χ3v) is 2.33. The van der Waals surface area contributed by atoms with Gasteiger partial charge in [-0.25, -0.2) is 4.79 Å². The van der Waals surface area contributed by atoms with E-state index in [4.69, 9.17) is 4.74 Å². The average Bonchev–Trinajstić information content (AvgIpc) is 2.55. The van der Waals surface area contributed by atoms with Crippen molar-refractivity contribution in [1.29, 1.82) is 0 Å². The third-order valence-electron chi connectivity index (χ3n) is 2.33. The van der Waals surface area contributed by atoms with E-state index in [1.165, 1.54) is 13.0 Å². The third kappa shape index (κ3) is 2.10. The van der Waals surface area contributed by atoms with Gasteiger partial charge in [0, 0.05) is 0 Å². The molecule has 1 N–H and O–H groups in total. The van der Waals surface area contributed by atoms with Gasteiger partial charge in [-0.05, 0) is 18.6 Å². The van der Waals surface area contributed by atoms with E-state index in [9.17, 15) is 14.7 Å². The molecular formula is C13H10O4. The largest absolute Gasteiger partial charge is 0.504 e. The number of benzene rings is 1. The first-order chi connectivity index (χ1) is 8.09. The molecule has 1 aromatic rings. The van der Waals surface area contributed by atoms with Crippen LogP contribution in [-0.4, -0.2) is 16.9 Å². The van der Waals surface area contributed by atoms with Crippen LogP contribution in [0.25, 0.3) is 6.08 Å². The molecule has 0 unspecified atom stereocenters. The van der Waals surface area contributed by atoms with Gasteiger partial charge in [0.25, 0.3) is 0 Å². The number of ether oxygens (including phenoxy) is 1. The number of carbonyl (C=O) groups excluding carboxylic acids is 2. The molecule has 0 aromatic heterocycles. The molecule has 0 aliphatic carbocycles. The van der Waals surface area contributed by atoms with Crippen LogP contribution in [0.4, 0.5) is 0 Å². The Morgan fingerprint density at radius 3 is 2.47 bits per heavy atom. The molecule has 86 valence electrons. The van der Waals surface area contributed by atoms with Crippen LogP contribution >= 0.6 is 0 Å². The lowest BCUT2D eigenvalue weighted by atomic mass is 10.1. The molecule has 17 heavy (non-hydrogen) atoms. The van der Waals surface area contributed by atoms with Gasteiger partial charge in [-0.2, -0.15) is 0 Å². The fourth-order valence-corrected chi connectivity index (χ4v) is 1.53. The van der Waals surface area contributed by atoms with Crippen LogP contribution < -0.4 is 0 Å². The van der Waals surface area contributed by atoms with Crippen LogP contribution in [0.1, 0.15) is 12.5 Å². The van der Waals surface area contributed by atoms with Crippen molar-refractivity contribution in [2.75, 3.05) is 0 Å². The van der Waals surface area contributed by atoms with Gasteiger partial charge in [-0.15, -0.1) is 0 Å². The zero-order valence-corrected chi connectivity index (χ0v) is 9.14. The monoisotopic (exact) mass is 230 g/mol. The first-order valence-electron chi connectivity index (χ1n) is 5.03. The van der Waals surface area contributed by atoms with Crippen molar-refractivity contribution in [3.63, 3.8) is 0 Å². The van der Waals surface area contributed by atoms with Gasteiger partial charge >= 0.3 is 5.97 Å². The molecule has 0 atom stereocenters. The van der Waals surface area contributed by atoms with Crippen molar-refractivity contribution < 1.29 is 19.4 Å². The maximum Gasteiger partial charge on any atom is 0.351 e. The lowest BCUT2D eigenvalue weighted by Gasteiger charge is -1.97. The minimum atomic E-state index is -0.808. The Kier molecular flexibility index (Phi) is 2.78. The molecule has 4 heteroatoms. The second-order valence-electron chi connectivity index (χ2n) is 3.59. The van der Waals surface area contributed by atoms with Gasteiger partial charge < -0.3 is 9.84 Å². The van der Waals surface area contributed by atoms with E-state index in [1.807, 2.05) is 18.2 Å². The topological polar surface area (TPSA) is 63.6 Å². The number of esters is 1. The highest BCUT2D eigenvalue weighted by molar-refractivity contribution is 6.19. The molecule has 0 fully saturated rings. The van der Waals surface area contributed by atoms with Crippen molar-refractivity contribution in [3.05, 3.63) is 53.0 Å². The van der Waals surface area contributed by atoms with Crippen LogP contribution in [0.2, 0.25) is 0 Å². The minimum absolute atomic E-state index is 0.00593. The Morgan fingerprint density at radius 2 is 1.94 bits per heavy atom. The zero-order chi connectivity index (χ0) is 12.4. The minimum Gasteiger partial charge on any atom is -0.504 e. The summed E-state index contributed by atoms with van der Waals surface area (Å²) in [5, 5.41) is 9.70. The van der Waals surface area contributed by atoms with E-state index in [0.29, 0.717) is 0 Å². The fraction of sp³-hybridized carbons (Fsp3) is 0.0769. The highest BCUT2D eigenvalue weighted by Crippen LogP contribution is 2.26. The molecule has 0 saturated heterocycles. The molecule has 1 aliphatic rings. The van der Waals surface area contributed by atoms with Gasteiger partial charge in [0.15, 0.2) is 17.3 Å². The summed E-state index contributed by atoms with van der Waals surface area (Å²) >= 11 is 0. The van der Waals surface area contributed by atoms with Gasteiger partial charge in [0.1, 0.15) is 5.57 Å². The lowest BCUT2D eigenvalue weighted by Crippen LogP contribution is -2.06. The number of aliphatic hydroxyl groups excluding tert-OH is 1. The number of hydrogen-bond acceptors (Lipinski definition) is 4. The standard InChI is InChI=1S/C13H10O4/c1-8(14)11-12(15)10(17-13(11)16)7-9-5-3-2-4-6-9/h2-7,15H,1H3.